The minimum atomic E-state index is 0. The molecule has 0 bridgehead atoms. The number of para-hydroxylation sites is 1. The molecule has 0 atom stereocenters. The van der Waals surface area contributed by atoms with Crippen molar-refractivity contribution in [3.05, 3.63) is 42.0 Å². The Morgan fingerprint density at radius 2 is 1.94 bits per heavy atom. The fraction of sp³-hybridized carbons (Fsp3) is 0.467. The van der Waals surface area contributed by atoms with Crippen molar-refractivity contribution in [2.75, 3.05) is 19.7 Å². The highest BCUT2D eigenvalue weighted by Gasteiger charge is 2.05. The van der Waals surface area contributed by atoms with Gasteiger partial charge >= 0.3 is 0 Å². The highest BCUT2D eigenvalue weighted by Crippen LogP contribution is 2.25. The Balaban J connectivity index is 0.00000289. The van der Waals surface area contributed by atoms with Gasteiger partial charge in [-0.15, -0.1) is 12.4 Å². The Hall–Kier alpha value is -0.990. The van der Waals surface area contributed by atoms with E-state index < -0.39 is 0 Å². The molecule has 0 unspecified atom stereocenters. The van der Waals surface area contributed by atoms with Gasteiger partial charge in [0.2, 0.25) is 0 Å². The SMILES string of the molecule is CCNC/C=C/COc1ccccc1C(C)C.Cl. The molecule has 0 spiro atoms. The highest BCUT2D eigenvalue weighted by atomic mass is 35.5. The van der Waals surface area contributed by atoms with Crippen LogP contribution in [-0.2, 0) is 0 Å². The van der Waals surface area contributed by atoms with Gasteiger partial charge in [0.1, 0.15) is 12.4 Å². The minimum Gasteiger partial charge on any atom is -0.489 e. The number of halogens is 1. The predicted molar refractivity (Wildman–Crippen MR) is 81.0 cm³/mol. The molecule has 1 rings (SSSR count). The summed E-state index contributed by atoms with van der Waals surface area (Å²) in [6, 6.07) is 8.24. The van der Waals surface area contributed by atoms with E-state index in [1.165, 1.54) is 5.56 Å². The van der Waals surface area contributed by atoms with E-state index in [2.05, 4.69) is 50.4 Å². The lowest BCUT2D eigenvalue weighted by molar-refractivity contribution is 0.357. The van der Waals surface area contributed by atoms with Crippen molar-refractivity contribution < 1.29 is 4.74 Å². The smallest absolute Gasteiger partial charge is 0.123 e. The van der Waals surface area contributed by atoms with Crippen molar-refractivity contribution >= 4 is 12.4 Å². The average molecular weight is 270 g/mol. The molecular formula is C15H24ClNO. The first-order valence-electron chi connectivity index (χ1n) is 6.33. The second-order valence-corrected chi connectivity index (χ2v) is 4.28. The third-order valence-corrected chi connectivity index (χ3v) is 2.55. The van der Waals surface area contributed by atoms with Crippen LogP contribution in [0.25, 0.3) is 0 Å². The van der Waals surface area contributed by atoms with Crippen molar-refractivity contribution in [2.24, 2.45) is 0 Å². The zero-order chi connectivity index (χ0) is 12.5. The van der Waals surface area contributed by atoms with Gasteiger partial charge < -0.3 is 10.1 Å². The van der Waals surface area contributed by atoms with E-state index >= 15 is 0 Å². The van der Waals surface area contributed by atoms with Crippen LogP contribution in [0.4, 0.5) is 0 Å². The summed E-state index contributed by atoms with van der Waals surface area (Å²) < 4.78 is 5.76. The Kier molecular flexibility index (Phi) is 9.43. The molecule has 102 valence electrons. The lowest BCUT2D eigenvalue weighted by Crippen LogP contribution is -2.11. The van der Waals surface area contributed by atoms with Gasteiger partial charge in [-0.2, -0.15) is 0 Å². The molecule has 1 aromatic rings. The molecule has 1 aromatic carbocycles. The van der Waals surface area contributed by atoms with Gasteiger partial charge in [-0.1, -0.05) is 51.1 Å². The summed E-state index contributed by atoms with van der Waals surface area (Å²) in [7, 11) is 0. The summed E-state index contributed by atoms with van der Waals surface area (Å²) in [6.07, 6.45) is 4.15. The van der Waals surface area contributed by atoms with Gasteiger partial charge in [0, 0.05) is 6.54 Å². The maximum Gasteiger partial charge on any atom is 0.123 e. The molecule has 0 heterocycles. The lowest BCUT2D eigenvalue weighted by atomic mass is 10.0. The normalized spacial score (nSPS) is 10.7. The first-order valence-corrected chi connectivity index (χ1v) is 6.33. The molecule has 0 radical (unpaired) electrons. The molecule has 2 nitrogen and oxygen atoms in total. The summed E-state index contributed by atoms with van der Waals surface area (Å²) in [5, 5.41) is 3.23. The van der Waals surface area contributed by atoms with Crippen molar-refractivity contribution in [1.82, 2.24) is 5.32 Å². The zero-order valence-corrected chi connectivity index (χ0v) is 12.3. The largest absolute Gasteiger partial charge is 0.489 e. The number of hydrogen-bond donors (Lipinski definition) is 1. The maximum absolute atomic E-state index is 5.76. The summed E-state index contributed by atoms with van der Waals surface area (Å²) in [5.41, 5.74) is 1.27. The molecular weight excluding hydrogens is 246 g/mol. The molecule has 0 aliphatic heterocycles. The first-order chi connectivity index (χ1) is 8.25. The fourth-order valence-electron chi connectivity index (χ4n) is 1.61. The molecule has 18 heavy (non-hydrogen) atoms. The second-order valence-electron chi connectivity index (χ2n) is 4.28. The van der Waals surface area contributed by atoms with Crippen LogP contribution >= 0.6 is 12.4 Å². The number of rotatable bonds is 7. The average Bonchev–Trinajstić information content (AvgIpc) is 2.34. The van der Waals surface area contributed by atoms with E-state index in [9.17, 15) is 0 Å². The van der Waals surface area contributed by atoms with Gasteiger partial charge in [-0.05, 0) is 24.1 Å². The van der Waals surface area contributed by atoms with Crippen molar-refractivity contribution in [3.8, 4) is 5.75 Å². The number of likely N-dealkylation sites (N-methyl/N-ethyl adjacent to an activating group) is 1. The van der Waals surface area contributed by atoms with E-state index in [1.54, 1.807) is 0 Å². The summed E-state index contributed by atoms with van der Waals surface area (Å²) in [4.78, 5) is 0. The van der Waals surface area contributed by atoms with Gasteiger partial charge in [0.15, 0.2) is 0 Å². The Labute approximate surface area is 117 Å². The van der Waals surface area contributed by atoms with Crippen molar-refractivity contribution in [3.63, 3.8) is 0 Å². The quantitative estimate of drug-likeness (QED) is 0.601. The van der Waals surface area contributed by atoms with E-state index in [0.717, 1.165) is 18.8 Å². The summed E-state index contributed by atoms with van der Waals surface area (Å²) in [5.74, 6) is 1.49. The summed E-state index contributed by atoms with van der Waals surface area (Å²) in [6.45, 7) is 9.01. The monoisotopic (exact) mass is 269 g/mol. The highest BCUT2D eigenvalue weighted by molar-refractivity contribution is 5.85. The van der Waals surface area contributed by atoms with Crippen LogP contribution in [0.15, 0.2) is 36.4 Å². The zero-order valence-electron chi connectivity index (χ0n) is 11.5. The van der Waals surface area contributed by atoms with Gasteiger partial charge in [0.05, 0.1) is 0 Å². The third kappa shape index (κ3) is 6.08. The van der Waals surface area contributed by atoms with Crippen molar-refractivity contribution in [1.29, 1.82) is 0 Å². The number of hydrogen-bond acceptors (Lipinski definition) is 2. The molecule has 0 saturated heterocycles. The van der Waals surface area contributed by atoms with Crippen LogP contribution in [-0.4, -0.2) is 19.7 Å². The van der Waals surface area contributed by atoms with E-state index in [0.29, 0.717) is 12.5 Å². The number of nitrogens with one attached hydrogen (secondary N) is 1. The minimum absolute atomic E-state index is 0. The van der Waals surface area contributed by atoms with Crippen molar-refractivity contribution in [2.45, 2.75) is 26.7 Å². The number of ether oxygens (including phenoxy) is 1. The molecule has 0 aliphatic carbocycles. The van der Waals surface area contributed by atoms with Crippen LogP contribution < -0.4 is 10.1 Å². The maximum atomic E-state index is 5.76. The molecule has 0 aromatic heterocycles. The third-order valence-electron chi connectivity index (χ3n) is 2.55. The standard InChI is InChI=1S/C15H23NO.ClH/c1-4-16-11-7-8-12-17-15-10-6-5-9-14(15)13(2)3;/h5-10,13,16H,4,11-12H2,1-3H3;1H/b8-7+;. The Bertz CT molecular complexity index is 350. The Morgan fingerprint density at radius 1 is 1.22 bits per heavy atom. The molecule has 1 N–H and O–H groups in total. The second kappa shape index (κ2) is 9.98. The molecule has 3 heteroatoms. The molecule has 0 fully saturated rings. The van der Waals surface area contributed by atoms with Crippen LogP contribution in [0.1, 0.15) is 32.3 Å². The lowest BCUT2D eigenvalue weighted by Gasteiger charge is -2.12. The fourth-order valence-corrected chi connectivity index (χ4v) is 1.61. The molecule has 0 aliphatic rings. The van der Waals surface area contributed by atoms with Gasteiger partial charge in [0.25, 0.3) is 0 Å². The van der Waals surface area contributed by atoms with Crippen LogP contribution in [0.2, 0.25) is 0 Å². The summed E-state index contributed by atoms with van der Waals surface area (Å²) >= 11 is 0. The first kappa shape index (κ1) is 17.0. The topological polar surface area (TPSA) is 21.3 Å². The van der Waals surface area contributed by atoms with Gasteiger partial charge in [-0.3, -0.25) is 0 Å². The number of benzene rings is 1. The Morgan fingerprint density at radius 3 is 2.61 bits per heavy atom. The van der Waals surface area contributed by atoms with E-state index in [4.69, 9.17) is 4.74 Å². The molecule has 0 saturated carbocycles. The van der Waals surface area contributed by atoms with Gasteiger partial charge in [-0.25, -0.2) is 0 Å². The van der Waals surface area contributed by atoms with E-state index in [1.807, 2.05) is 12.1 Å². The van der Waals surface area contributed by atoms with Crippen LogP contribution in [0.3, 0.4) is 0 Å². The van der Waals surface area contributed by atoms with Crippen LogP contribution in [0.5, 0.6) is 5.75 Å². The van der Waals surface area contributed by atoms with E-state index in [-0.39, 0.29) is 12.4 Å². The predicted octanol–water partition coefficient (Wildman–Crippen LogP) is 3.78. The molecule has 0 amide bonds. The van der Waals surface area contributed by atoms with Crippen LogP contribution in [0, 0.1) is 0 Å².